The number of aromatic nitrogens is 2. The number of nitrogens with zero attached hydrogens (tertiary/aromatic N) is 1. The Morgan fingerprint density at radius 2 is 2.11 bits per heavy atom. The minimum absolute atomic E-state index is 0.0977. The molecule has 0 atom stereocenters. The molecule has 0 bridgehead atoms. The molecule has 19 heavy (non-hydrogen) atoms. The van der Waals surface area contributed by atoms with Crippen molar-refractivity contribution in [3.63, 3.8) is 0 Å². The molecule has 0 spiro atoms. The Bertz CT molecular complexity index is 752. The van der Waals surface area contributed by atoms with Crippen LogP contribution in [0.15, 0.2) is 36.5 Å². The summed E-state index contributed by atoms with van der Waals surface area (Å²) in [7, 11) is 0. The number of hydrogen-bond donors (Lipinski definition) is 2. The highest BCUT2D eigenvalue weighted by molar-refractivity contribution is 6.31. The molecular formula is C14H11ClFN3. The quantitative estimate of drug-likeness (QED) is 0.727. The van der Waals surface area contributed by atoms with Crippen molar-refractivity contribution in [1.82, 2.24) is 9.97 Å². The summed E-state index contributed by atoms with van der Waals surface area (Å²) in [5.41, 5.74) is 3.49. The minimum atomic E-state index is -0.426. The SMILES string of the molecule is Cc1cc2c(Nc3ccc(F)c(Cl)c3)ccnc2[nH]1. The number of hydrogen-bond acceptors (Lipinski definition) is 2. The van der Waals surface area contributed by atoms with Crippen molar-refractivity contribution in [2.45, 2.75) is 6.92 Å². The van der Waals surface area contributed by atoms with Gasteiger partial charge in [0.2, 0.25) is 0 Å². The van der Waals surface area contributed by atoms with E-state index in [-0.39, 0.29) is 5.02 Å². The third kappa shape index (κ3) is 2.27. The first-order valence-electron chi connectivity index (χ1n) is 5.80. The summed E-state index contributed by atoms with van der Waals surface area (Å²) in [6, 6.07) is 8.42. The van der Waals surface area contributed by atoms with Crippen molar-refractivity contribution in [3.05, 3.63) is 53.1 Å². The Balaban J connectivity index is 2.02. The first-order valence-corrected chi connectivity index (χ1v) is 6.18. The second-order valence-electron chi connectivity index (χ2n) is 4.33. The third-order valence-corrected chi connectivity index (χ3v) is 3.15. The van der Waals surface area contributed by atoms with Gasteiger partial charge in [-0.1, -0.05) is 11.6 Å². The zero-order chi connectivity index (χ0) is 13.4. The predicted molar refractivity (Wildman–Crippen MR) is 75.5 cm³/mol. The van der Waals surface area contributed by atoms with Gasteiger partial charge in [-0.25, -0.2) is 9.37 Å². The summed E-state index contributed by atoms with van der Waals surface area (Å²) >= 11 is 5.77. The molecule has 0 unspecified atom stereocenters. The van der Waals surface area contributed by atoms with Crippen LogP contribution in [0, 0.1) is 12.7 Å². The standard InChI is InChI=1S/C14H11ClFN3/c1-8-6-10-13(4-5-17-14(10)18-8)19-9-2-3-12(16)11(15)7-9/h2-7H,1H3,(H2,17,18,19). The molecule has 0 radical (unpaired) electrons. The van der Waals surface area contributed by atoms with Crippen LogP contribution in [0.4, 0.5) is 15.8 Å². The maximum atomic E-state index is 13.1. The largest absolute Gasteiger partial charge is 0.355 e. The molecule has 2 aromatic heterocycles. The second kappa shape index (κ2) is 4.55. The molecule has 2 N–H and O–H groups in total. The van der Waals surface area contributed by atoms with Gasteiger partial charge in [0.1, 0.15) is 11.5 Å². The van der Waals surface area contributed by atoms with Crippen LogP contribution in [0.3, 0.4) is 0 Å². The topological polar surface area (TPSA) is 40.7 Å². The number of benzene rings is 1. The summed E-state index contributed by atoms with van der Waals surface area (Å²) < 4.78 is 13.1. The lowest BCUT2D eigenvalue weighted by atomic mass is 10.2. The van der Waals surface area contributed by atoms with E-state index in [1.165, 1.54) is 6.07 Å². The number of anilines is 2. The maximum Gasteiger partial charge on any atom is 0.141 e. The highest BCUT2D eigenvalue weighted by Crippen LogP contribution is 2.27. The van der Waals surface area contributed by atoms with Crippen LogP contribution in [0.1, 0.15) is 5.69 Å². The molecular weight excluding hydrogens is 265 g/mol. The summed E-state index contributed by atoms with van der Waals surface area (Å²) in [6.45, 7) is 1.97. The molecule has 3 rings (SSSR count). The van der Waals surface area contributed by atoms with E-state index in [4.69, 9.17) is 11.6 Å². The fourth-order valence-electron chi connectivity index (χ4n) is 2.00. The van der Waals surface area contributed by atoms with Gasteiger partial charge in [-0.15, -0.1) is 0 Å². The van der Waals surface area contributed by atoms with Crippen molar-refractivity contribution < 1.29 is 4.39 Å². The molecule has 0 saturated heterocycles. The molecule has 1 aromatic carbocycles. The second-order valence-corrected chi connectivity index (χ2v) is 4.73. The first kappa shape index (κ1) is 12.0. The number of nitrogens with one attached hydrogen (secondary N) is 2. The van der Waals surface area contributed by atoms with E-state index in [2.05, 4.69) is 15.3 Å². The Kier molecular flexibility index (Phi) is 2.87. The van der Waals surface area contributed by atoms with E-state index < -0.39 is 5.82 Å². The molecule has 0 aliphatic carbocycles. The number of H-pyrrole nitrogens is 1. The average Bonchev–Trinajstić information content (AvgIpc) is 2.75. The molecule has 3 nitrogen and oxygen atoms in total. The van der Waals surface area contributed by atoms with Gasteiger partial charge in [-0.2, -0.15) is 0 Å². The average molecular weight is 276 g/mol. The van der Waals surface area contributed by atoms with Gasteiger partial charge in [0.25, 0.3) is 0 Å². The Hall–Kier alpha value is -2.07. The lowest BCUT2D eigenvalue weighted by Gasteiger charge is -2.08. The van der Waals surface area contributed by atoms with E-state index >= 15 is 0 Å². The van der Waals surface area contributed by atoms with Gasteiger partial charge < -0.3 is 10.3 Å². The third-order valence-electron chi connectivity index (χ3n) is 2.87. The van der Waals surface area contributed by atoms with Crippen LogP contribution in [0.2, 0.25) is 5.02 Å². The minimum Gasteiger partial charge on any atom is -0.355 e. The smallest absolute Gasteiger partial charge is 0.141 e. The molecule has 96 valence electrons. The van der Waals surface area contributed by atoms with Crippen molar-refractivity contribution in [1.29, 1.82) is 0 Å². The number of rotatable bonds is 2. The van der Waals surface area contributed by atoms with Crippen molar-refractivity contribution in [2.24, 2.45) is 0 Å². The molecule has 3 aromatic rings. The van der Waals surface area contributed by atoms with Gasteiger partial charge in [-0.3, -0.25) is 0 Å². The summed E-state index contributed by atoms with van der Waals surface area (Å²) in [5, 5.41) is 4.30. The summed E-state index contributed by atoms with van der Waals surface area (Å²) in [4.78, 5) is 7.42. The lowest BCUT2D eigenvalue weighted by molar-refractivity contribution is 0.628. The van der Waals surface area contributed by atoms with E-state index in [0.717, 1.165) is 28.1 Å². The molecule has 0 saturated carbocycles. The number of aromatic amines is 1. The van der Waals surface area contributed by atoms with Crippen LogP contribution in [-0.4, -0.2) is 9.97 Å². The number of aryl methyl sites for hydroxylation is 1. The Morgan fingerprint density at radius 1 is 1.26 bits per heavy atom. The molecule has 0 fully saturated rings. The van der Waals surface area contributed by atoms with Crippen molar-refractivity contribution in [3.8, 4) is 0 Å². The fourth-order valence-corrected chi connectivity index (χ4v) is 2.18. The molecule has 5 heteroatoms. The zero-order valence-electron chi connectivity index (χ0n) is 10.2. The monoisotopic (exact) mass is 275 g/mol. The van der Waals surface area contributed by atoms with Gasteiger partial charge in [0, 0.05) is 23.0 Å². The summed E-state index contributed by atoms with van der Waals surface area (Å²) in [6.07, 6.45) is 1.71. The van der Waals surface area contributed by atoms with Crippen LogP contribution in [-0.2, 0) is 0 Å². The van der Waals surface area contributed by atoms with Crippen molar-refractivity contribution in [2.75, 3.05) is 5.32 Å². The normalized spacial score (nSPS) is 10.9. The highest BCUT2D eigenvalue weighted by Gasteiger charge is 2.06. The maximum absolute atomic E-state index is 13.1. The lowest BCUT2D eigenvalue weighted by Crippen LogP contribution is -1.92. The zero-order valence-corrected chi connectivity index (χ0v) is 10.9. The molecule has 0 amide bonds. The number of fused-ring (bicyclic) bond motifs is 1. The van der Waals surface area contributed by atoms with Gasteiger partial charge in [0.15, 0.2) is 0 Å². The van der Waals surface area contributed by atoms with E-state index in [0.29, 0.717) is 0 Å². The molecule has 2 heterocycles. The molecule has 0 aliphatic heterocycles. The number of halogens is 2. The highest BCUT2D eigenvalue weighted by atomic mass is 35.5. The van der Waals surface area contributed by atoms with E-state index in [1.807, 2.05) is 19.1 Å². The van der Waals surface area contributed by atoms with Crippen LogP contribution in [0.5, 0.6) is 0 Å². The molecule has 0 aliphatic rings. The summed E-state index contributed by atoms with van der Waals surface area (Å²) in [5.74, 6) is -0.426. The Labute approximate surface area is 114 Å². The van der Waals surface area contributed by atoms with Crippen LogP contribution < -0.4 is 5.32 Å². The number of pyridine rings is 1. The fraction of sp³-hybridized carbons (Fsp3) is 0.0714. The van der Waals surface area contributed by atoms with E-state index in [1.54, 1.807) is 18.3 Å². The van der Waals surface area contributed by atoms with Crippen LogP contribution >= 0.6 is 11.6 Å². The van der Waals surface area contributed by atoms with Gasteiger partial charge in [0.05, 0.1) is 10.7 Å². The van der Waals surface area contributed by atoms with Crippen molar-refractivity contribution >= 4 is 34.0 Å². The van der Waals surface area contributed by atoms with Gasteiger partial charge in [-0.05, 0) is 37.3 Å². The van der Waals surface area contributed by atoms with E-state index in [9.17, 15) is 4.39 Å². The van der Waals surface area contributed by atoms with Gasteiger partial charge >= 0.3 is 0 Å². The predicted octanol–water partition coefficient (Wildman–Crippen LogP) is 4.41. The Morgan fingerprint density at radius 3 is 2.89 bits per heavy atom. The van der Waals surface area contributed by atoms with Crippen LogP contribution in [0.25, 0.3) is 11.0 Å². The first-order chi connectivity index (χ1) is 9.13.